The molecule has 2 fully saturated rings. The number of ether oxygens (including phenoxy) is 2. The summed E-state index contributed by atoms with van der Waals surface area (Å²) in [7, 11) is 4.91. The van der Waals surface area contributed by atoms with E-state index >= 15 is 0 Å². The zero-order valence-electron chi connectivity index (χ0n) is 27.6. The Morgan fingerprint density at radius 3 is 2.50 bits per heavy atom. The second-order valence-corrected chi connectivity index (χ2v) is 12.9. The van der Waals surface area contributed by atoms with Crippen LogP contribution < -0.4 is 20.3 Å². The molecule has 11 nitrogen and oxygen atoms in total. The van der Waals surface area contributed by atoms with Crippen molar-refractivity contribution in [3.05, 3.63) is 51.4 Å². The van der Waals surface area contributed by atoms with Crippen molar-refractivity contribution in [2.75, 3.05) is 46.2 Å². The molecule has 2 aliphatic rings. The normalized spacial score (nSPS) is 19.7. The van der Waals surface area contributed by atoms with E-state index in [1.807, 2.05) is 7.05 Å². The number of piperazine rings is 1. The summed E-state index contributed by atoms with van der Waals surface area (Å²) < 4.78 is 12.6. The third kappa shape index (κ3) is 7.31. The number of anilines is 1. The highest BCUT2D eigenvalue weighted by Gasteiger charge is 2.31. The molecular formula is C35H40Cl2N6O5. The quantitative estimate of drug-likeness (QED) is 0.229. The Balaban J connectivity index is 1.64. The number of allylic oxidation sites excluding steroid dienone is 1. The lowest BCUT2D eigenvalue weighted by Gasteiger charge is -2.39. The number of ketones is 1. The number of benzene rings is 1. The molecule has 1 aromatic carbocycles. The lowest BCUT2D eigenvalue weighted by atomic mass is 9.81. The molecular weight excluding hydrogens is 655 g/mol. The highest BCUT2D eigenvalue weighted by atomic mass is 35.5. The van der Waals surface area contributed by atoms with Crippen molar-refractivity contribution in [1.82, 2.24) is 24.3 Å². The highest BCUT2D eigenvalue weighted by Crippen LogP contribution is 2.45. The second kappa shape index (κ2) is 15.4. The largest absolute Gasteiger partial charge is 0.495 e. The third-order valence-electron chi connectivity index (χ3n) is 9.27. The minimum atomic E-state index is -0.386. The zero-order chi connectivity index (χ0) is 34.5. The molecule has 1 saturated carbocycles. The van der Waals surface area contributed by atoms with Gasteiger partial charge in [-0.05, 0) is 50.8 Å². The van der Waals surface area contributed by atoms with E-state index in [4.69, 9.17) is 37.7 Å². The summed E-state index contributed by atoms with van der Waals surface area (Å²) in [6.07, 6.45) is 7.29. The molecule has 2 aromatic heterocycles. The number of likely N-dealkylation sites (N-methyl/N-ethyl adjacent to an activating group) is 1. The lowest BCUT2D eigenvalue weighted by Crippen LogP contribution is -2.55. The summed E-state index contributed by atoms with van der Waals surface area (Å²) >= 11 is 13.6. The first kappa shape index (κ1) is 35.2. The van der Waals surface area contributed by atoms with Crippen LogP contribution in [0.25, 0.3) is 22.2 Å². The van der Waals surface area contributed by atoms with Gasteiger partial charge in [0.15, 0.2) is 5.78 Å². The number of nitrogens with one attached hydrogen (secondary N) is 1. The summed E-state index contributed by atoms with van der Waals surface area (Å²) in [5, 5.41) is 4.36. The summed E-state index contributed by atoms with van der Waals surface area (Å²) in [5.41, 5.74) is 0.505. The molecule has 1 saturated heterocycles. The molecule has 3 aromatic rings. The number of carbonyl (C=O) groups excluding carboxylic acids is 2. The first-order valence-corrected chi connectivity index (χ1v) is 16.7. The van der Waals surface area contributed by atoms with Crippen LogP contribution in [0.4, 0.5) is 5.95 Å². The van der Waals surface area contributed by atoms with Crippen LogP contribution in [0.5, 0.6) is 11.5 Å². The Kier molecular flexibility index (Phi) is 11.3. The van der Waals surface area contributed by atoms with E-state index < -0.39 is 0 Å². The Bertz CT molecular complexity index is 1820. The van der Waals surface area contributed by atoms with Gasteiger partial charge in [-0.1, -0.05) is 48.5 Å². The molecule has 1 aliphatic heterocycles. The molecule has 254 valence electrons. The number of nitrogens with zero attached hydrogens (tertiary/aromatic N) is 5. The SMILES string of the molecule is C=CC(=O)CC1CCCCC1Nc1ncc2cc(-c3c(Cl)c(OC)cc(OC)c3Cl)c(=O)n(CC3CN(C(=O)C#CC)CCN3C)c2n1. The Morgan fingerprint density at radius 1 is 1.12 bits per heavy atom. The molecule has 0 spiro atoms. The number of halogens is 2. The van der Waals surface area contributed by atoms with Gasteiger partial charge in [0.2, 0.25) is 5.95 Å². The maximum atomic E-state index is 14.6. The lowest BCUT2D eigenvalue weighted by molar-refractivity contribution is -0.127. The maximum absolute atomic E-state index is 14.6. The van der Waals surface area contributed by atoms with Gasteiger partial charge in [-0.2, -0.15) is 4.98 Å². The van der Waals surface area contributed by atoms with Crippen LogP contribution in [0.15, 0.2) is 35.8 Å². The smallest absolute Gasteiger partial charge is 0.298 e. The molecule has 3 atom stereocenters. The molecule has 13 heteroatoms. The molecule has 0 radical (unpaired) electrons. The van der Waals surface area contributed by atoms with Crippen molar-refractivity contribution in [2.45, 2.75) is 57.7 Å². The van der Waals surface area contributed by atoms with Crippen molar-refractivity contribution >= 4 is 51.9 Å². The number of methoxy groups -OCH3 is 2. The van der Waals surface area contributed by atoms with E-state index in [-0.39, 0.29) is 63.0 Å². The standard InChI is InChI=1S/C35H40Cl2N6O5/c1-6-10-29(45)42-14-13-41(3)23(19-42)20-43-33-22(16-25(34(43)46)30-31(36)27(47-4)17-28(48-5)32(30)37)18-38-35(40-33)39-26-12-9-8-11-21(26)15-24(44)7-2/h7,16-18,21,23,26H,2,8-9,11-15,19-20H2,1,3-5H3,(H,38,39,40). The number of pyridine rings is 1. The van der Waals surface area contributed by atoms with Gasteiger partial charge in [0.1, 0.15) is 17.1 Å². The van der Waals surface area contributed by atoms with Gasteiger partial charge in [-0.15, -0.1) is 0 Å². The number of aromatic nitrogens is 3. The molecule has 3 heterocycles. The van der Waals surface area contributed by atoms with E-state index in [2.05, 4.69) is 33.6 Å². The van der Waals surface area contributed by atoms with Crippen LogP contribution in [0, 0.1) is 17.8 Å². The number of rotatable bonds is 10. The highest BCUT2D eigenvalue weighted by molar-refractivity contribution is 6.41. The number of hydrogen-bond donors (Lipinski definition) is 1. The first-order chi connectivity index (χ1) is 23.1. The molecule has 48 heavy (non-hydrogen) atoms. The molecule has 0 bridgehead atoms. The second-order valence-electron chi connectivity index (χ2n) is 12.2. The molecule has 1 amide bonds. The Morgan fingerprint density at radius 2 is 1.83 bits per heavy atom. The topological polar surface area (TPSA) is 119 Å². The van der Waals surface area contributed by atoms with E-state index in [0.29, 0.717) is 54.5 Å². The van der Waals surface area contributed by atoms with E-state index in [1.165, 1.54) is 20.3 Å². The number of fused-ring (bicyclic) bond motifs is 1. The minimum absolute atomic E-state index is 0.00914. The number of amides is 1. The van der Waals surface area contributed by atoms with Crippen LogP contribution in [-0.2, 0) is 16.1 Å². The van der Waals surface area contributed by atoms with Gasteiger partial charge >= 0.3 is 0 Å². The van der Waals surface area contributed by atoms with Crippen molar-refractivity contribution < 1.29 is 19.1 Å². The Labute approximate surface area is 290 Å². The van der Waals surface area contributed by atoms with Crippen LogP contribution in [0.3, 0.4) is 0 Å². The van der Waals surface area contributed by atoms with E-state index in [1.54, 1.807) is 34.7 Å². The van der Waals surface area contributed by atoms with Crippen molar-refractivity contribution in [3.63, 3.8) is 0 Å². The average Bonchev–Trinajstić information content (AvgIpc) is 3.08. The average molecular weight is 696 g/mol. The van der Waals surface area contributed by atoms with Crippen molar-refractivity contribution in [2.24, 2.45) is 5.92 Å². The summed E-state index contributed by atoms with van der Waals surface area (Å²) in [6, 6.07) is 3.00. The van der Waals surface area contributed by atoms with Crippen LogP contribution in [0.1, 0.15) is 39.0 Å². The van der Waals surface area contributed by atoms with Crippen LogP contribution in [0.2, 0.25) is 10.0 Å². The van der Waals surface area contributed by atoms with Gasteiger partial charge in [0.05, 0.1) is 29.8 Å². The monoisotopic (exact) mass is 694 g/mol. The van der Waals surface area contributed by atoms with E-state index in [0.717, 1.165) is 25.7 Å². The molecule has 1 aliphatic carbocycles. The molecule has 1 N–H and O–H groups in total. The fourth-order valence-electron chi connectivity index (χ4n) is 6.57. The van der Waals surface area contributed by atoms with Gasteiger partial charge in [0, 0.05) is 67.9 Å². The Hall–Kier alpha value is -4.11. The fourth-order valence-corrected chi connectivity index (χ4v) is 7.28. The summed E-state index contributed by atoms with van der Waals surface area (Å²) in [4.78, 5) is 52.9. The van der Waals surface area contributed by atoms with Crippen LogP contribution in [-0.4, -0.2) is 89.0 Å². The van der Waals surface area contributed by atoms with Gasteiger partial charge < -0.3 is 19.7 Å². The minimum Gasteiger partial charge on any atom is -0.495 e. The maximum Gasteiger partial charge on any atom is 0.298 e. The molecule has 3 unspecified atom stereocenters. The predicted octanol–water partition coefficient (Wildman–Crippen LogP) is 5.06. The molecule has 5 rings (SSSR count). The first-order valence-electron chi connectivity index (χ1n) is 15.9. The summed E-state index contributed by atoms with van der Waals surface area (Å²) in [5.74, 6) is 6.13. The van der Waals surface area contributed by atoms with Gasteiger partial charge in [-0.3, -0.25) is 23.9 Å². The van der Waals surface area contributed by atoms with Gasteiger partial charge in [-0.25, -0.2) is 4.98 Å². The summed E-state index contributed by atoms with van der Waals surface area (Å²) in [6.45, 7) is 6.97. The fraction of sp³-hybridized carbons (Fsp3) is 0.457. The number of carbonyl (C=O) groups is 2. The van der Waals surface area contributed by atoms with Crippen molar-refractivity contribution in [1.29, 1.82) is 0 Å². The number of hydrogen-bond acceptors (Lipinski definition) is 9. The van der Waals surface area contributed by atoms with Gasteiger partial charge in [0.25, 0.3) is 11.5 Å². The zero-order valence-corrected chi connectivity index (χ0v) is 29.2. The van der Waals surface area contributed by atoms with Crippen molar-refractivity contribution in [3.8, 4) is 34.5 Å². The predicted molar refractivity (Wildman–Crippen MR) is 188 cm³/mol. The third-order valence-corrected chi connectivity index (χ3v) is 10.0. The van der Waals surface area contributed by atoms with E-state index in [9.17, 15) is 14.4 Å². The van der Waals surface area contributed by atoms with Crippen LogP contribution >= 0.6 is 23.2 Å².